The van der Waals surface area contributed by atoms with Crippen LogP contribution in [-0.4, -0.2) is 20.5 Å². The van der Waals surface area contributed by atoms with Gasteiger partial charge in [-0.1, -0.05) is 0 Å². The zero-order chi connectivity index (χ0) is 14.8. The molecule has 1 unspecified atom stereocenters. The summed E-state index contributed by atoms with van der Waals surface area (Å²) in [6.07, 6.45) is 0. The van der Waals surface area contributed by atoms with Crippen molar-refractivity contribution in [1.82, 2.24) is 0 Å². The summed E-state index contributed by atoms with van der Waals surface area (Å²) in [4.78, 5) is 12.3. The molecule has 1 amide bonds. The van der Waals surface area contributed by atoms with E-state index in [1.54, 1.807) is 0 Å². The number of aryl methyl sites for hydroxylation is 1. The van der Waals surface area contributed by atoms with Crippen molar-refractivity contribution in [3.8, 4) is 0 Å². The van der Waals surface area contributed by atoms with Crippen LogP contribution in [0.4, 0.5) is 17.1 Å². The first-order valence-corrected chi connectivity index (χ1v) is 8.02. The number of nitrogens with one attached hydrogen (secondary N) is 1. The molecule has 3 N–H and O–H groups in total. The normalized spacial score (nSPS) is 13.4. The van der Waals surface area contributed by atoms with Gasteiger partial charge in [-0.15, -0.1) is 0 Å². The third-order valence-electron chi connectivity index (χ3n) is 3.26. The predicted molar refractivity (Wildman–Crippen MR) is 83.1 cm³/mol. The van der Waals surface area contributed by atoms with Crippen molar-refractivity contribution < 1.29 is 4.79 Å². The van der Waals surface area contributed by atoms with Crippen molar-refractivity contribution in [2.45, 2.75) is 13.0 Å². The topological polar surface area (TPSA) is 79.8 Å². The molecule has 0 aliphatic carbocycles. The molecule has 0 fully saturated rings. The average molecular weight is 345 g/mol. The molecule has 1 heterocycles. The fourth-order valence-corrected chi connectivity index (χ4v) is 3.20. The summed E-state index contributed by atoms with van der Waals surface area (Å²) in [6, 6.07) is 12.5. The molecule has 1 aliphatic heterocycles. The Morgan fingerprint density at radius 2 is 1.95 bits per heavy atom. The average Bonchev–Trinajstić information content (AvgIpc) is 2.97. The van der Waals surface area contributed by atoms with Gasteiger partial charge in [0.15, 0.2) is 0 Å². The third-order valence-corrected chi connectivity index (χ3v) is 4.40. The number of benzene rings is 2. The van der Waals surface area contributed by atoms with Crippen molar-refractivity contribution in [2.75, 3.05) is 5.32 Å². The molecule has 0 saturated carbocycles. The maximum absolute atomic E-state index is 12.3. The van der Waals surface area contributed by atoms with E-state index in [9.17, 15) is 4.79 Å². The molecule has 0 aromatic heterocycles. The van der Waals surface area contributed by atoms with Gasteiger partial charge in [-0.2, -0.15) is 0 Å². The molecule has 3 rings (SSSR count). The Kier molecular flexibility index (Phi) is 3.84. The molecule has 21 heavy (non-hydrogen) atoms. The first kappa shape index (κ1) is 13.9. The van der Waals surface area contributed by atoms with Crippen LogP contribution in [-0.2, 0) is 4.79 Å². The molecule has 0 radical (unpaired) electrons. The van der Waals surface area contributed by atoms with Gasteiger partial charge in [-0.25, -0.2) is 0 Å². The number of anilines is 1. The van der Waals surface area contributed by atoms with Gasteiger partial charge in [0.25, 0.3) is 0 Å². The summed E-state index contributed by atoms with van der Waals surface area (Å²) in [5, 5.41) is 2.85. The third kappa shape index (κ3) is 2.88. The van der Waals surface area contributed by atoms with Gasteiger partial charge >= 0.3 is 128 Å². The molecule has 106 valence electrons. The second-order valence-corrected chi connectivity index (χ2v) is 5.92. The zero-order valence-electron chi connectivity index (χ0n) is 11.4. The van der Waals surface area contributed by atoms with E-state index in [0.717, 1.165) is 22.5 Å². The number of amides is 1. The van der Waals surface area contributed by atoms with Crippen molar-refractivity contribution >= 4 is 37.5 Å². The van der Waals surface area contributed by atoms with Crippen LogP contribution >= 0.6 is 0 Å². The second-order valence-electron chi connectivity index (χ2n) is 4.82. The fraction of sp³-hybridized carbons (Fsp3) is 0.133. The number of rotatable bonds is 3. The molecular weight excluding hydrogens is 331 g/mol. The Morgan fingerprint density at radius 1 is 1.19 bits per heavy atom. The minimum absolute atomic E-state index is 0.123. The Bertz CT molecular complexity index is 764. The van der Waals surface area contributed by atoms with Crippen LogP contribution in [0, 0.1) is 6.92 Å². The summed E-state index contributed by atoms with van der Waals surface area (Å²) in [6.45, 7) is 2.00. The van der Waals surface area contributed by atoms with Crippen LogP contribution in [0.2, 0.25) is 0 Å². The Morgan fingerprint density at radius 3 is 2.71 bits per heavy atom. The number of carbonyl (C=O) groups excluding carboxylic acids is 1. The first-order valence-electron chi connectivity index (χ1n) is 6.49. The van der Waals surface area contributed by atoms with Gasteiger partial charge in [0.2, 0.25) is 0 Å². The van der Waals surface area contributed by atoms with Gasteiger partial charge in [-0.3, -0.25) is 0 Å². The van der Waals surface area contributed by atoms with Crippen LogP contribution in [0.3, 0.4) is 0 Å². The van der Waals surface area contributed by atoms with E-state index in [2.05, 4.69) is 13.2 Å². The van der Waals surface area contributed by atoms with E-state index in [1.807, 2.05) is 49.4 Å². The van der Waals surface area contributed by atoms with Crippen LogP contribution in [0.5, 0.6) is 0 Å². The quantitative estimate of drug-likeness (QED) is 0.716. The standard InChI is InChI=1S/C15H14N4OSe/c1-9-5-7-10(8-6-9)13(16)15(20)17-11-3-2-4-12-14(11)19-21-18-12/h2-8,13H,16H2,1H3,(H,17,20). The molecule has 2 aromatic carbocycles. The maximum atomic E-state index is 12.3. The van der Waals surface area contributed by atoms with Crippen LogP contribution in [0.25, 0.3) is 0 Å². The molecule has 5 nitrogen and oxygen atoms in total. The van der Waals surface area contributed by atoms with Gasteiger partial charge in [0.1, 0.15) is 0 Å². The summed E-state index contributed by atoms with van der Waals surface area (Å²) in [7, 11) is 0. The SMILES string of the molecule is Cc1ccc(C(N)C(=O)Nc2cccc3c2N=[Se]=N3)cc1. The van der Waals surface area contributed by atoms with Gasteiger partial charge in [0.05, 0.1) is 0 Å². The van der Waals surface area contributed by atoms with E-state index in [1.165, 1.54) is 0 Å². The zero-order valence-corrected chi connectivity index (χ0v) is 13.1. The van der Waals surface area contributed by atoms with E-state index < -0.39 is 6.04 Å². The van der Waals surface area contributed by atoms with Crippen molar-refractivity contribution in [3.05, 3.63) is 53.6 Å². The van der Waals surface area contributed by atoms with E-state index in [0.29, 0.717) is 5.69 Å². The number of hydrogen-bond donors (Lipinski definition) is 2. The molecule has 0 spiro atoms. The molecule has 6 heteroatoms. The van der Waals surface area contributed by atoms with E-state index in [-0.39, 0.29) is 20.5 Å². The molecule has 0 bridgehead atoms. The molecular formula is C15H14N4OSe. The van der Waals surface area contributed by atoms with Crippen LogP contribution < -0.4 is 11.1 Å². The minimum atomic E-state index is -0.703. The first-order chi connectivity index (χ1) is 10.1. The Hall–Kier alpha value is -2.01. The number of nitrogens with zero attached hydrogens (tertiary/aromatic N) is 2. The predicted octanol–water partition coefficient (Wildman–Crippen LogP) is 2.98. The number of fused-ring (bicyclic) bond motifs is 1. The molecule has 1 atom stereocenters. The fourth-order valence-electron chi connectivity index (χ4n) is 2.04. The summed E-state index contributed by atoms with van der Waals surface area (Å²) < 4.78 is 8.63. The van der Waals surface area contributed by atoms with E-state index in [4.69, 9.17) is 5.73 Å². The van der Waals surface area contributed by atoms with Gasteiger partial charge in [0, 0.05) is 0 Å². The van der Waals surface area contributed by atoms with Crippen LogP contribution in [0.15, 0.2) is 50.4 Å². The van der Waals surface area contributed by atoms with Gasteiger partial charge in [-0.05, 0) is 0 Å². The monoisotopic (exact) mass is 346 g/mol. The van der Waals surface area contributed by atoms with E-state index >= 15 is 0 Å². The molecule has 1 aliphatic rings. The van der Waals surface area contributed by atoms with Crippen molar-refractivity contribution in [3.63, 3.8) is 0 Å². The number of carbonyl (C=O) groups is 1. The van der Waals surface area contributed by atoms with Crippen molar-refractivity contribution in [1.29, 1.82) is 0 Å². The summed E-state index contributed by atoms with van der Waals surface area (Å²) >= 11 is -0.123. The summed E-state index contributed by atoms with van der Waals surface area (Å²) in [5.41, 5.74) is 10.2. The number of hydrogen-bond acceptors (Lipinski definition) is 4. The van der Waals surface area contributed by atoms with Crippen molar-refractivity contribution in [2.24, 2.45) is 13.7 Å². The Balaban J connectivity index is 1.79. The number of nitrogens with two attached hydrogens (primary N) is 1. The van der Waals surface area contributed by atoms with Crippen LogP contribution in [0.1, 0.15) is 17.2 Å². The molecule has 2 aromatic rings. The summed E-state index contributed by atoms with van der Waals surface area (Å²) in [5.74, 6) is -0.248. The Labute approximate surface area is 128 Å². The van der Waals surface area contributed by atoms with Gasteiger partial charge < -0.3 is 0 Å². The second kappa shape index (κ2) is 5.77. The molecule has 0 saturated heterocycles.